The van der Waals surface area contributed by atoms with Gasteiger partial charge in [0.2, 0.25) is 11.8 Å². The molecule has 1 heterocycles. The number of carbonyl (C=O) groups is 3. The molecule has 6 heteroatoms. The van der Waals surface area contributed by atoms with Crippen LogP contribution in [0.25, 0.3) is 10.8 Å². The molecule has 0 bridgehead atoms. The smallest absolute Gasteiger partial charge is 0.258 e. The van der Waals surface area contributed by atoms with Crippen LogP contribution in [0.2, 0.25) is 0 Å². The van der Waals surface area contributed by atoms with E-state index in [2.05, 4.69) is 5.32 Å². The summed E-state index contributed by atoms with van der Waals surface area (Å²) in [7, 11) is 0. The van der Waals surface area contributed by atoms with Crippen LogP contribution in [0, 0.1) is 0 Å². The molecule has 1 aliphatic rings. The number of benzene rings is 3. The molecule has 3 amide bonds. The van der Waals surface area contributed by atoms with Crippen LogP contribution in [0.15, 0.2) is 66.7 Å². The van der Waals surface area contributed by atoms with Crippen LogP contribution in [0.1, 0.15) is 56.0 Å². The van der Waals surface area contributed by atoms with Crippen molar-refractivity contribution in [3.8, 4) is 0 Å². The van der Waals surface area contributed by atoms with E-state index in [9.17, 15) is 14.4 Å². The van der Waals surface area contributed by atoms with Gasteiger partial charge in [-0.15, -0.1) is 0 Å². The predicted octanol–water partition coefficient (Wildman–Crippen LogP) is 4.91. The molecule has 0 saturated heterocycles. The second-order valence-electron chi connectivity index (χ2n) is 9.24. The average Bonchev–Trinajstić information content (AvgIpc) is 3.15. The lowest BCUT2D eigenvalue weighted by Gasteiger charge is -2.30. The number of rotatable bonds is 10. The van der Waals surface area contributed by atoms with Crippen LogP contribution < -0.4 is 10.2 Å². The van der Waals surface area contributed by atoms with Gasteiger partial charge in [0.05, 0.1) is 5.69 Å². The minimum Gasteiger partial charge on any atom is -0.352 e. The number of nitrogens with one attached hydrogen (secondary N) is 1. The number of hydrogen-bond donors (Lipinski definition) is 1. The van der Waals surface area contributed by atoms with Crippen molar-refractivity contribution < 1.29 is 14.4 Å². The van der Waals surface area contributed by atoms with Gasteiger partial charge in [0.1, 0.15) is 6.04 Å². The largest absolute Gasteiger partial charge is 0.352 e. The summed E-state index contributed by atoms with van der Waals surface area (Å²) < 4.78 is 0. The van der Waals surface area contributed by atoms with Crippen LogP contribution in [0.5, 0.6) is 0 Å². The Morgan fingerprint density at radius 3 is 2.40 bits per heavy atom. The van der Waals surface area contributed by atoms with Crippen molar-refractivity contribution in [1.82, 2.24) is 10.2 Å². The number of amides is 3. The van der Waals surface area contributed by atoms with Crippen LogP contribution in [-0.4, -0.2) is 41.2 Å². The summed E-state index contributed by atoms with van der Waals surface area (Å²) >= 11 is 0. The molecule has 0 aromatic heterocycles. The Bertz CT molecular complexity index is 1220. The van der Waals surface area contributed by atoms with E-state index in [4.69, 9.17) is 0 Å². The standard InChI is InChI=1S/C29H33N3O3/c1-4-20(2)30-28(34)21(3)32(19-22-11-6-5-7-12-22)26(33)17-10-18-31-25-16-9-14-23-13-8-15-24(27(23)25)29(31)35/h5-9,11-16,20-21H,4,10,17-19H2,1-3H3,(H,30,34)/t20-,21-/m1/s1. The summed E-state index contributed by atoms with van der Waals surface area (Å²) in [6.07, 6.45) is 1.59. The molecule has 35 heavy (non-hydrogen) atoms. The molecule has 0 unspecified atom stereocenters. The summed E-state index contributed by atoms with van der Waals surface area (Å²) in [5.41, 5.74) is 2.59. The molecule has 0 aliphatic carbocycles. The first kappa shape index (κ1) is 24.5. The molecule has 0 saturated carbocycles. The Balaban J connectivity index is 1.45. The first-order valence-corrected chi connectivity index (χ1v) is 12.4. The van der Waals surface area contributed by atoms with Crippen molar-refractivity contribution >= 4 is 34.2 Å². The third kappa shape index (κ3) is 5.21. The highest BCUT2D eigenvalue weighted by Gasteiger charge is 2.30. The van der Waals surface area contributed by atoms with Crippen LogP contribution >= 0.6 is 0 Å². The van der Waals surface area contributed by atoms with Gasteiger partial charge < -0.3 is 15.1 Å². The summed E-state index contributed by atoms with van der Waals surface area (Å²) in [6.45, 7) is 6.56. The van der Waals surface area contributed by atoms with Gasteiger partial charge in [-0.05, 0) is 49.8 Å². The van der Waals surface area contributed by atoms with Crippen molar-refractivity contribution in [2.45, 2.75) is 58.7 Å². The molecule has 0 radical (unpaired) electrons. The highest BCUT2D eigenvalue weighted by atomic mass is 16.2. The Morgan fingerprint density at radius 2 is 1.69 bits per heavy atom. The summed E-state index contributed by atoms with van der Waals surface area (Å²) in [4.78, 5) is 42.7. The maximum atomic E-state index is 13.4. The summed E-state index contributed by atoms with van der Waals surface area (Å²) in [5, 5.41) is 5.02. The Hall–Kier alpha value is -3.67. The molecule has 182 valence electrons. The van der Waals surface area contributed by atoms with Crippen molar-refractivity contribution in [3.63, 3.8) is 0 Å². The highest BCUT2D eigenvalue weighted by molar-refractivity contribution is 6.25. The van der Waals surface area contributed by atoms with Gasteiger partial charge in [-0.1, -0.05) is 61.5 Å². The van der Waals surface area contributed by atoms with E-state index in [0.717, 1.165) is 28.4 Å². The van der Waals surface area contributed by atoms with Gasteiger partial charge in [0.25, 0.3) is 5.91 Å². The molecule has 1 aliphatic heterocycles. The normalized spacial score (nSPS) is 14.1. The maximum absolute atomic E-state index is 13.4. The number of hydrogen-bond acceptors (Lipinski definition) is 3. The lowest BCUT2D eigenvalue weighted by atomic mass is 10.1. The van der Waals surface area contributed by atoms with Crippen molar-refractivity contribution in [2.24, 2.45) is 0 Å². The number of carbonyl (C=O) groups excluding carboxylic acids is 3. The zero-order chi connectivity index (χ0) is 24.9. The third-order valence-corrected chi connectivity index (χ3v) is 6.79. The monoisotopic (exact) mass is 471 g/mol. The molecule has 3 aromatic rings. The Morgan fingerprint density at radius 1 is 0.971 bits per heavy atom. The minimum absolute atomic E-state index is 0.0216. The number of anilines is 1. The van der Waals surface area contributed by atoms with E-state index >= 15 is 0 Å². The van der Waals surface area contributed by atoms with Gasteiger partial charge in [0.15, 0.2) is 0 Å². The van der Waals surface area contributed by atoms with Gasteiger partial charge >= 0.3 is 0 Å². The topological polar surface area (TPSA) is 69.7 Å². The van der Waals surface area contributed by atoms with Gasteiger partial charge in [-0.2, -0.15) is 0 Å². The zero-order valence-electron chi connectivity index (χ0n) is 20.7. The van der Waals surface area contributed by atoms with E-state index in [0.29, 0.717) is 25.1 Å². The second-order valence-corrected chi connectivity index (χ2v) is 9.24. The SMILES string of the molecule is CC[C@@H](C)NC(=O)[C@@H](C)N(Cc1ccccc1)C(=O)CCCN1C(=O)c2cccc3cccc1c23. The highest BCUT2D eigenvalue weighted by Crippen LogP contribution is 2.37. The van der Waals surface area contributed by atoms with Crippen LogP contribution in [-0.2, 0) is 16.1 Å². The molecule has 0 spiro atoms. The van der Waals surface area contributed by atoms with Crippen molar-refractivity contribution in [1.29, 1.82) is 0 Å². The second kappa shape index (κ2) is 10.7. The fraction of sp³-hybridized carbons (Fsp3) is 0.345. The molecule has 6 nitrogen and oxygen atoms in total. The van der Waals surface area contributed by atoms with Crippen molar-refractivity contribution in [3.05, 3.63) is 77.9 Å². The molecular formula is C29H33N3O3. The quantitative estimate of drug-likeness (QED) is 0.457. The fourth-order valence-corrected chi connectivity index (χ4v) is 4.56. The molecule has 4 rings (SSSR count). The van der Waals surface area contributed by atoms with Crippen LogP contribution in [0.4, 0.5) is 5.69 Å². The van der Waals surface area contributed by atoms with E-state index in [1.807, 2.05) is 80.6 Å². The number of nitrogens with zero attached hydrogens (tertiary/aromatic N) is 2. The van der Waals surface area contributed by atoms with E-state index in [1.165, 1.54) is 0 Å². The summed E-state index contributed by atoms with van der Waals surface area (Å²) in [6, 6.07) is 20.9. The first-order chi connectivity index (χ1) is 16.9. The summed E-state index contributed by atoms with van der Waals surface area (Å²) in [5.74, 6) is -0.268. The van der Waals surface area contributed by atoms with Gasteiger partial charge in [0, 0.05) is 36.5 Å². The van der Waals surface area contributed by atoms with E-state index in [1.54, 1.807) is 16.7 Å². The molecule has 3 aromatic carbocycles. The molecule has 1 N–H and O–H groups in total. The zero-order valence-corrected chi connectivity index (χ0v) is 20.7. The Labute approximate surface area is 206 Å². The van der Waals surface area contributed by atoms with E-state index in [-0.39, 0.29) is 30.2 Å². The van der Waals surface area contributed by atoms with E-state index < -0.39 is 6.04 Å². The lowest BCUT2D eigenvalue weighted by Crippen LogP contribution is -2.49. The maximum Gasteiger partial charge on any atom is 0.258 e. The molecular weight excluding hydrogens is 438 g/mol. The first-order valence-electron chi connectivity index (χ1n) is 12.4. The van der Waals surface area contributed by atoms with Crippen LogP contribution in [0.3, 0.4) is 0 Å². The average molecular weight is 472 g/mol. The van der Waals surface area contributed by atoms with Crippen molar-refractivity contribution in [2.75, 3.05) is 11.4 Å². The molecule has 0 fully saturated rings. The lowest BCUT2D eigenvalue weighted by molar-refractivity contribution is -0.140. The predicted molar refractivity (Wildman–Crippen MR) is 139 cm³/mol. The fourth-order valence-electron chi connectivity index (χ4n) is 4.56. The van der Waals surface area contributed by atoms with Gasteiger partial charge in [-0.3, -0.25) is 14.4 Å². The minimum atomic E-state index is -0.594. The van der Waals surface area contributed by atoms with Gasteiger partial charge in [-0.25, -0.2) is 0 Å². The molecule has 2 atom stereocenters. The Kier molecular flexibility index (Phi) is 7.49. The third-order valence-electron chi connectivity index (χ3n) is 6.79.